The molecule has 3 N–H and O–H groups in total. The van der Waals surface area contributed by atoms with Crippen LogP contribution in [0.1, 0.15) is 42.1 Å². The van der Waals surface area contributed by atoms with Crippen molar-refractivity contribution in [3.05, 3.63) is 52.4 Å². The van der Waals surface area contributed by atoms with E-state index in [-0.39, 0.29) is 48.0 Å². The van der Waals surface area contributed by atoms with Crippen LogP contribution in [0.15, 0.2) is 41.2 Å². The van der Waals surface area contributed by atoms with E-state index < -0.39 is 23.8 Å². The van der Waals surface area contributed by atoms with Gasteiger partial charge in [-0.25, -0.2) is 4.79 Å². The highest BCUT2D eigenvalue weighted by atomic mass is 16.6. The summed E-state index contributed by atoms with van der Waals surface area (Å²) in [7, 11) is 1.34. The van der Waals surface area contributed by atoms with Crippen molar-refractivity contribution in [3.63, 3.8) is 0 Å². The molecule has 2 rings (SSSR count). The molecular weight excluding hydrogens is 380 g/mol. The fourth-order valence-electron chi connectivity index (χ4n) is 2.92. The minimum Gasteiger partial charge on any atom is -0.497 e. The number of carbonyl (C=O) groups is 2. The van der Waals surface area contributed by atoms with E-state index in [2.05, 4.69) is 0 Å². The number of hydrogen-bond donors (Lipinski definition) is 2. The first kappa shape index (κ1) is 21.6. The molecule has 1 aliphatic heterocycles. The molecule has 0 aromatic heterocycles. The summed E-state index contributed by atoms with van der Waals surface area (Å²) >= 11 is 0. The number of nitrogen functional groups attached to an aromatic ring is 1. The lowest BCUT2D eigenvalue weighted by molar-refractivity contribution is -0.143. The molecule has 0 saturated carbocycles. The normalized spacial score (nSPS) is 16.0. The first-order valence-electron chi connectivity index (χ1n) is 8.88. The minimum atomic E-state index is -0.931. The quantitative estimate of drug-likeness (QED) is 0.520. The summed E-state index contributed by atoms with van der Waals surface area (Å²) in [5.74, 6) is -2.59. The van der Waals surface area contributed by atoms with E-state index in [0.29, 0.717) is 5.56 Å². The number of carbonyl (C=O) groups excluding carboxylic acids is 2. The highest BCUT2D eigenvalue weighted by Crippen LogP contribution is 2.42. The van der Waals surface area contributed by atoms with E-state index in [1.807, 2.05) is 6.07 Å². The molecule has 29 heavy (non-hydrogen) atoms. The fourth-order valence-corrected chi connectivity index (χ4v) is 2.92. The molecule has 0 radical (unpaired) electrons. The van der Waals surface area contributed by atoms with E-state index in [0.717, 1.165) is 0 Å². The van der Waals surface area contributed by atoms with Crippen LogP contribution >= 0.6 is 0 Å². The smallest absolute Gasteiger partial charge is 0.338 e. The Hall–Kier alpha value is -3.67. The molecule has 0 fully saturated rings. The second-order valence-corrected chi connectivity index (χ2v) is 5.90. The van der Waals surface area contributed by atoms with E-state index in [1.165, 1.54) is 25.3 Å². The van der Waals surface area contributed by atoms with Crippen molar-refractivity contribution in [1.82, 2.24) is 0 Å². The molecule has 1 aromatic carbocycles. The number of methoxy groups -OCH3 is 1. The van der Waals surface area contributed by atoms with Gasteiger partial charge in [0.15, 0.2) is 5.76 Å². The van der Waals surface area contributed by atoms with Gasteiger partial charge >= 0.3 is 11.9 Å². The Morgan fingerprint density at radius 1 is 1.28 bits per heavy atom. The molecule has 1 aromatic rings. The third-order valence-electron chi connectivity index (χ3n) is 4.14. The minimum absolute atomic E-state index is 0.00122. The molecule has 0 unspecified atom stereocenters. The van der Waals surface area contributed by atoms with Crippen LogP contribution in [0.25, 0.3) is 0 Å². The van der Waals surface area contributed by atoms with Gasteiger partial charge in [-0.05, 0) is 31.5 Å². The van der Waals surface area contributed by atoms with Crippen molar-refractivity contribution >= 4 is 17.6 Å². The lowest BCUT2D eigenvalue weighted by Gasteiger charge is -2.27. The van der Waals surface area contributed by atoms with Crippen LogP contribution in [0.4, 0.5) is 5.69 Å². The zero-order chi connectivity index (χ0) is 21.6. The summed E-state index contributed by atoms with van der Waals surface area (Å²) in [5, 5.41) is 19.7. The number of benzene rings is 1. The maximum Gasteiger partial charge on any atom is 0.338 e. The number of ether oxygens (including phenoxy) is 4. The lowest BCUT2D eigenvalue weighted by Crippen LogP contribution is -2.21. The average Bonchev–Trinajstić information content (AvgIpc) is 2.68. The molecule has 9 nitrogen and oxygen atoms in total. The number of allylic oxidation sites excluding steroid dienone is 1. The molecule has 0 aliphatic carbocycles. The van der Waals surface area contributed by atoms with Gasteiger partial charge in [-0.15, -0.1) is 0 Å². The van der Waals surface area contributed by atoms with Gasteiger partial charge in [0, 0.05) is 5.69 Å². The highest BCUT2D eigenvalue weighted by molar-refractivity contribution is 5.90. The first-order chi connectivity index (χ1) is 13.9. The van der Waals surface area contributed by atoms with Crippen LogP contribution in [-0.4, -0.2) is 37.4 Å². The molecule has 154 valence electrons. The summed E-state index contributed by atoms with van der Waals surface area (Å²) < 4.78 is 20.5. The van der Waals surface area contributed by atoms with E-state index in [9.17, 15) is 20.0 Å². The molecular formula is C20H22N2O7. The van der Waals surface area contributed by atoms with Crippen LogP contribution in [0.5, 0.6) is 0 Å². The number of nitrogens with two attached hydrogens (primary N) is 1. The number of nitrogens with zero attached hydrogens (tertiary/aromatic N) is 1. The van der Waals surface area contributed by atoms with Crippen molar-refractivity contribution < 1.29 is 33.6 Å². The zero-order valence-corrected chi connectivity index (χ0v) is 16.4. The average molecular weight is 402 g/mol. The van der Waals surface area contributed by atoms with E-state index in [4.69, 9.17) is 24.7 Å². The number of aliphatic hydroxyl groups excluding tert-OH is 1. The van der Waals surface area contributed by atoms with Crippen molar-refractivity contribution in [3.8, 4) is 6.07 Å². The Balaban J connectivity index is 2.54. The van der Waals surface area contributed by atoms with Crippen molar-refractivity contribution in [2.45, 2.75) is 26.2 Å². The number of nitriles is 1. The van der Waals surface area contributed by atoms with Gasteiger partial charge < -0.3 is 29.8 Å². The van der Waals surface area contributed by atoms with Gasteiger partial charge in [-0.3, -0.25) is 4.79 Å². The molecule has 0 bridgehead atoms. The topological polar surface area (TPSA) is 141 Å². The van der Waals surface area contributed by atoms with E-state index >= 15 is 0 Å². The van der Waals surface area contributed by atoms with Crippen LogP contribution in [0, 0.1) is 11.3 Å². The lowest BCUT2D eigenvalue weighted by atomic mass is 9.86. The van der Waals surface area contributed by atoms with Gasteiger partial charge in [-0.1, -0.05) is 6.07 Å². The fraction of sp³-hybridized carbons (Fsp3) is 0.350. The zero-order valence-electron chi connectivity index (χ0n) is 16.4. The number of esters is 2. The molecule has 9 heteroatoms. The van der Waals surface area contributed by atoms with Crippen LogP contribution in [0.2, 0.25) is 0 Å². The van der Waals surface area contributed by atoms with Gasteiger partial charge in [0.1, 0.15) is 23.8 Å². The second-order valence-electron chi connectivity index (χ2n) is 5.90. The van der Waals surface area contributed by atoms with E-state index in [1.54, 1.807) is 13.8 Å². The Labute approximate surface area is 167 Å². The predicted octanol–water partition coefficient (Wildman–Crippen LogP) is 2.66. The molecule has 1 aliphatic rings. The van der Waals surface area contributed by atoms with Crippen molar-refractivity contribution in [2.75, 3.05) is 26.1 Å². The van der Waals surface area contributed by atoms with Crippen LogP contribution in [-0.2, 0) is 23.7 Å². The van der Waals surface area contributed by atoms with Gasteiger partial charge in [-0.2, -0.15) is 5.26 Å². The van der Waals surface area contributed by atoms with Gasteiger partial charge in [0.25, 0.3) is 5.95 Å². The number of hydrogen-bond acceptors (Lipinski definition) is 9. The van der Waals surface area contributed by atoms with Crippen molar-refractivity contribution in [1.29, 1.82) is 5.26 Å². The third kappa shape index (κ3) is 4.60. The molecule has 0 spiro atoms. The maximum absolute atomic E-state index is 11.9. The second kappa shape index (κ2) is 9.50. The van der Waals surface area contributed by atoms with Gasteiger partial charge in [0.05, 0.1) is 31.8 Å². The molecule has 0 saturated heterocycles. The van der Waals surface area contributed by atoms with Crippen LogP contribution < -0.4 is 5.73 Å². The van der Waals surface area contributed by atoms with Gasteiger partial charge in [0.2, 0.25) is 0 Å². The number of rotatable bonds is 7. The molecule has 1 heterocycles. The standard InChI is InChI=1S/C20H22N2O7/c1-4-27-16(23)9-15-18(26-3)17(13(10-21)20(25)29-15)12-7-6-11(8-14(12)22)19(24)28-5-2/h6-8,17,25H,4-5,9,22H2,1-3H3/t17-/m0/s1. The SMILES string of the molecule is CCOC(=O)CC1=C(OC)[C@@H](c2ccc(C(=O)OCC)cc2N)C(C#N)=C(O)O1. The summed E-state index contributed by atoms with van der Waals surface area (Å²) in [6.45, 7) is 3.73. The van der Waals surface area contributed by atoms with Crippen molar-refractivity contribution in [2.24, 2.45) is 0 Å². The predicted molar refractivity (Wildman–Crippen MR) is 101 cm³/mol. The monoisotopic (exact) mass is 402 g/mol. The third-order valence-corrected chi connectivity index (χ3v) is 4.14. The number of aliphatic hydroxyl groups is 1. The Kier molecular flexibility index (Phi) is 7.09. The Morgan fingerprint density at radius 2 is 1.97 bits per heavy atom. The maximum atomic E-state index is 11.9. The Morgan fingerprint density at radius 3 is 2.52 bits per heavy atom. The summed E-state index contributed by atoms with van der Waals surface area (Å²) in [6, 6.07) is 6.31. The molecule has 0 amide bonds. The Bertz CT molecular complexity index is 912. The molecule has 1 atom stereocenters. The summed E-state index contributed by atoms with van der Waals surface area (Å²) in [5.41, 5.74) is 6.78. The largest absolute Gasteiger partial charge is 0.497 e. The highest BCUT2D eigenvalue weighted by Gasteiger charge is 2.37. The summed E-state index contributed by atoms with van der Waals surface area (Å²) in [6.07, 6.45) is -0.308. The first-order valence-corrected chi connectivity index (χ1v) is 8.88. The summed E-state index contributed by atoms with van der Waals surface area (Å²) in [4.78, 5) is 23.8. The van der Waals surface area contributed by atoms with Crippen LogP contribution in [0.3, 0.4) is 0 Å². The number of anilines is 1.